The molecule has 0 saturated carbocycles. The van der Waals surface area contributed by atoms with Crippen molar-refractivity contribution in [1.29, 1.82) is 0 Å². The molecule has 2 aromatic rings. The van der Waals surface area contributed by atoms with Crippen LogP contribution in [0.1, 0.15) is 24.5 Å². The second-order valence-corrected chi connectivity index (χ2v) is 5.57. The molecule has 0 aliphatic heterocycles. The molecule has 2 unspecified atom stereocenters. The Morgan fingerprint density at radius 3 is 2.65 bits per heavy atom. The molecule has 0 spiro atoms. The zero-order valence-electron chi connectivity index (χ0n) is 10.3. The van der Waals surface area contributed by atoms with Crippen molar-refractivity contribution in [2.45, 2.75) is 38.8 Å². The van der Waals surface area contributed by atoms with E-state index in [1.807, 2.05) is 23.5 Å². The van der Waals surface area contributed by atoms with E-state index in [0.717, 1.165) is 18.6 Å². The molecule has 0 amide bonds. The van der Waals surface area contributed by atoms with Crippen LogP contribution in [0.15, 0.2) is 40.3 Å². The first kappa shape index (κ1) is 12.4. The van der Waals surface area contributed by atoms with Gasteiger partial charge >= 0.3 is 0 Å². The highest BCUT2D eigenvalue weighted by atomic mass is 32.1. The van der Waals surface area contributed by atoms with E-state index in [-0.39, 0.29) is 0 Å². The number of hydrogen-bond acceptors (Lipinski definition) is 3. The topological polar surface area (TPSA) is 25.2 Å². The highest BCUT2D eigenvalue weighted by Crippen LogP contribution is 2.12. The van der Waals surface area contributed by atoms with Crippen LogP contribution < -0.4 is 5.32 Å². The molecule has 0 aliphatic carbocycles. The third-order valence-electron chi connectivity index (χ3n) is 2.74. The molecule has 2 aromatic heterocycles. The highest BCUT2D eigenvalue weighted by Gasteiger charge is 2.10. The predicted octanol–water partition coefficient (Wildman–Crippen LogP) is 3.49. The summed E-state index contributed by atoms with van der Waals surface area (Å²) in [6.45, 7) is 4.44. The lowest BCUT2D eigenvalue weighted by Gasteiger charge is -2.18. The summed E-state index contributed by atoms with van der Waals surface area (Å²) in [6.07, 6.45) is 3.78. The van der Waals surface area contributed by atoms with Crippen molar-refractivity contribution >= 4 is 11.3 Å². The van der Waals surface area contributed by atoms with E-state index in [2.05, 4.69) is 36.7 Å². The Hall–Kier alpha value is -1.06. The summed E-state index contributed by atoms with van der Waals surface area (Å²) in [7, 11) is 0. The molecule has 17 heavy (non-hydrogen) atoms. The minimum atomic E-state index is 0.441. The first-order valence-corrected chi connectivity index (χ1v) is 6.93. The van der Waals surface area contributed by atoms with Gasteiger partial charge in [0.05, 0.1) is 6.26 Å². The van der Waals surface area contributed by atoms with Gasteiger partial charge in [0, 0.05) is 23.4 Å². The van der Waals surface area contributed by atoms with E-state index in [9.17, 15) is 0 Å². The smallest absolute Gasteiger partial charge is 0.105 e. The van der Waals surface area contributed by atoms with Crippen LogP contribution in [0.4, 0.5) is 0 Å². The summed E-state index contributed by atoms with van der Waals surface area (Å²) < 4.78 is 5.35. The van der Waals surface area contributed by atoms with Gasteiger partial charge in [-0.25, -0.2) is 0 Å². The summed E-state index contributed by atoms with van der Waals surface area (Å²) in [5.74, 6) is 1.05. The second kappa shape index (κ2) is 6.03. The standard InChI is InChI=1S/C14H19NOS/c1-11(9-13-5-3-7-16-13)15-12(2)10-14-6-4-8-17-14/h3-8,11-12,15H,9-10H2,1-2H3. The van der Waals surface area contributed by atoms with E-state index in [4.69, 9.17) is 4.42 Å². The molecule has 2 heterocycles. The first-order chi connectivity index (χ1) is 8.24. The molecule has 3 heteroatoms. The van der Waals surface area contributed by atoms with Crippen LogP contribution in [0.2, 0.25) is 0 Å². The molecular formula is C14H19NOS. The molecule has 0 bridgehead atoms. The van der Waals surface area contributed by atoms with Crippen LogP contribution in [0.3, 0.4) is 0 Å². The Morgan fingerprint density at radius 2 is 2.00 bits per heavy atom. The van der Waals surface area contributed by atoms with Crippen molar-refractivity contribution in [2.24, 2.45) is 0 Å². The van der Waals surface area contributed by atoms with Gasteiger partial charge in [0.1, 0.15) is 5.76 Å². The van der Waals surface area contributed by atoms with Crippen LogP contribution in [-0.2, 0) is 12.8 Å². The fraction of sp³-hybridized carbons (Fsp3) is 0.429. The highest BCUT2D eigenvalue weighted by molar-refractivity contribution is 7.09. The van der Waals surface area contributed by atoms with Gasteiger partial charge < -0.3 is 9.73 Å². The number of hydrogen-bond donors (Lipinski definition) is 1. The lowest BCUT2D eigenvalue weighted by Crippen LogP contribution is -2.36. The van der Waals surface area contributed by atoms with Crippen molar-refractivity contribution in [3.63, 3.8) is 0 Å². The van der Waals surface area contributed by atoms with E-state index in [0.29, 0.717) is 12.1 Å². The summed E-state index contributed by atoms with van der Waals surface area (Å²) in [6, 6.07) is 9.22. The third-order valence-corrected chi connectivity index (χ3v) is 3.64. The fourth-order valence-corrected chi connectivity index (χ4v) is 2.90. The van der Waals surface area contributed by atoms with Crippen molar-refractivity contribution in [1.82, 2.24) is 5.32 Å². The van der Waals surface area contributed by atoms with Gasteiger partial charge in [0.2, 0.25) is 0 Å². The largest absolute Gasteiger partial charge is 0.469 e. The number of furan rings is 1. The van der Waals surface area contributed by atoms with Gasteiger partial charge in [0.15, 0.2) is 0 Å². The van der Waals surface area contributed by atoms with Crippen molar-refractivity contribution in [2.75, 3.05) is 0 Å². The molecule has 0 saturated heterocycles. The SMILES string of the molecule is CC(Cc1ccco1)NC(C)Cc1cccs1. The summed E-state index contributed by atoms with van der Waals surface area (Å²) in [5.41, 5.74) is 0. The molecule has 0 fully saturated rings. The molecule has 0 radical (unpaired) electrons. The molecule has 2 atom stereocenters. The van der Waals surface area contributed by atoms with Crippen LogP contribution in [0.5, 0.6) is 0 Å². The monoisotopic (exact) mass is 249 g/mol. The number of nitrogens with one attached hydrogen (secondary N) is 1. The number of rotatable bonds is 6. The molecular weight excluding hydrogens is 230 g/mol. The lowest BCUT2D eigenvalue weighted by molar-refractivity contribution is 0.423. The Bertz CT molecular complexity index is 367. The Kier molecular flexibility index (Phi) is 4.40. The predicted molar refractivity (Wildman–Crippen MR) is 72.5 cm³/mol. The lowest BCUT2D eigenvalue weighted by atomic mass is 10.1. The van der Waals surface area contributed by atoms with Crippen molar-refractivity contribution < 1.29 is 4.42 Å². The zero-order chi connectivity index (χ0) is 12.1. The van der Waals surface area contributed by atoms with Crippen LogP contribution in [0, 0.1) is 0 Å². The van der Waals surface area contributed by atoms with Crippen LogP contribution >= 0.6 is 11.3 Å². The van der Waals surface area contributed by atoms with E-state index in [1.54, 1.807) is 6.26 Å². The Balaban J connectivity index is 1.76. The van der Waals surface area contributed by atoms with Gasteiger partial charge in [-0.05, 0) is 43.8 Å². The summed E-state index contributed by atoms with van der Waals surface area (Å²) >= 11 is 1.83. The minimum Gasteiger partial charge on any atom is -0.469 e. The third kappa shape index (κ3) is 4.02. The molecule has 0 aromatic carbocycles. The average Bonchev–Trinajstić information content (AvgIpc) is 2.90. The Labute approximate surface area is 107 Å². The molecule has 1 N–H and O–H groups in total. The second-order valence-electron chi connectivity index (χ2n) is 4.54. The van der Waals surface area contributed by atoms with Gasteiger partial charge in [-0.2, -0.15) is 0 Å². The number of thiophene rings is 1. The molecule has 2 nitrogen and oxygen atoms in total. The van der Waals surface area contributed by atoms with Gasteiger partial charge in [0.25, 0.3) is 0 Å². The van der Waals surface area contributed by atoms with Crippen LogP contribution in [0.25, 0.3) is 0 Å². The molecule has 2 rings (SSSR count). The van der Waals surface area contributed by atoms with Gasteiger partial charge in [-0.3, -0.25) is 0 Å². The summed E-state index contributed by atoms with van der Waals surface area (Å²) in [5, 5.41) is 5.74. The van der Waals surface area contributed by atoms with E-state index < -0.39 is 0 Å². The maximum Gasteiger partial charge on any atom is 0.105 e. The maximum absolute atomic E-state index is 5.35. The molecule has 0 aliphatic rings. The fourth-order valence-electron chi connectivity index (χ4n) is 2.06. The van der Waals surface area contributed by atoms with Crippen LogP contribution in [-0.4, -0.2) is 12.1 Å². The van der Waals surface area contributed by atoms with E-state index in [1.165, 1.54) is 4.88 Å². The van der Waals surface area contributed by atoms with Crippen molar-refractivity contribution in [3.8, 4) is 0 Å². The minimum absolute atomic E-state index is 0.441. The maximum atomic E-state index is 5.35. The average molecular weight is 249 g/mol. The zero-order valence-corrected chi connectivity index (χ0v) is 11.2. The quantitative estimate of drug-likeness (QED) is 0.847. The normalized spacial score (nSPS) is 14.7. The Morgan fingerprint density at radius 1 is 1.18 bits per heavy atom. The molecule has 92 valence electrons. The van der Waals surface area contributed by atoms with Crippen molar-refractivity contribution in [3.05, 3.63) is 46.5 Å². The van der Waals surface area contributed by atoms with E-state index >= 15 is 0 Å². The van der Waals surface area contributed by atoms with Gasteiger partial charge in [-0.15, -0.1) is 11.3 Å². The first-order valence-electron chi connectivity index (χ1n) is 6.05. The summed E-state index contributed by atoms with van der Waals surface area (Å²) in [4.78, 5) is 1.44. The van der Waals surface area contributed by atoms with Gasteiger partial charge in [-0.1, -0.05) is 6.07 Å².